The Hall–Kier alpha value is -7.13. The molecule has 0 unspecified atom stereocenters. The topological polar surface area (TPSA) is 27.7 Å². The Bertz CT molecular complexity index is 3560. The van der Waals surface area contributed by atoms with E-state index in [2.05, 4.69) is 248 Å². The van der Waals surface area contributed by atoms with Crippen LogP contribution in [0.5, 0.6) is 0 Å². The summed E-state index contributed by atoms with van der Waals surface area (Å²) in [5, 5.41) is 2.31. The SMILES string of the molecule is CC(C)c1cccc(C(C)C)c1-c1ccnc(-n2c3[c-]c(C4(c5[c-]c(-n6[cH+]n(-c7ccccc7)c7ccccc76)ccc5)c5ccccc5-c5ccccc54)ccc3c3ccccc32)c1.[Pt]. The number of fused-ring (bicyclic) bond motifs is 7. The van der Waals surface area contributed by atoms with Gasteiger partial charge in [0, 0.05) is 56.0 Å². The van der Waals surface area contributed by atoms with Gasteiger partial charge in [-0.1, -0.05) is 148 Å². The Morgan fingerprint density at radius 3 is 1.80 bits per heavy atom. The molecule has 0 fully saturated rings. The number of nitrogens with zero attached hydrogens (tertiary/aromatic N) is 4. The standard InChI is InChI=1S/C61H47N4.Pt/c1-40(2)47-25-17-26-48(41(3)4)60(47)42-34-35-62-59(36-42)65-55-29-13-10-24-51(55)52-33-32-44(38-58(52)65)61(53-27-11-8-22-49(53)50-23-9-12-28-54(50)61)43-18-16-21-46(37-43)64-39-63(45-19-6-5-7-20-45)56-30-14-15-31-57(56)64;/h5-36,39-41H,1-4H3;/q-1;. The molecule has 0 N–H and O–H groups in total. The minimum absolute atomic E-state index is 0. The summed E-state index contributed by atoms with van der Waals surface area (Å²) in [6.45, 7) is 9.16. The normalized spacial score (nSPS) is 12.8. The molecule has 1 aliphatic carbocycles. The van der Waals surface area contributed by atoms with Gasteiger partial charge < -0.3 is 4.57 Å². The van der Waals surface area contributed by atoms with Crippen LogP contribution in [0.1, 0.15) is 72.9 Å². The summed E-state index contributed by atoms with van der Waals surface area (Å²) >= 11 is 0. The quantitative estimate of drug-likeness (QED) is 0.139. The molecule has 8 aromatic carbocycles. The summed E-state index contributed by atoms with van der Waals surface area (Å²) in [4.78, 5) is 5.16. The molecule has 0 amide bonds. The fourth-order valence-corrected chi connectivity index (χ4v) is 10.8. The van der Waals surface area contributed by atoms with Crippen molar-refractivity contribution in [2.24, 2.45) is 0 Å². The summed E-state index contributed by atoms with van der Waals surface area (Å²) in [7, 11) is 0. The number of hydrogen-bond acceptors (Lipinski definition) is 1. The summed E-state index contributed by atoms with van der Waals surface area (Å²) in [5.41, 5.74) is 17.9. The monoisotopic (exact) mass is 1030 g/mol. The number of pyridine rings is 1. The fourth-order valence-electron chi connectivity index (χ4n) is 10.8. The minimum atomic E-state index is -0.741. The van der Waals surface area contributed by atoms with Crippen molar-refractivity contribution in [1.82, 2.24) is 18.7 Å². The predicted molar refractivity (Wildman–Crippen MR) is 268 cm³/mol. The Balaban J connectivity index is 0.00000481. The number of para-hydroxylation sites is 4. The number of benzene rings is 8. The number of rotatable bonds is 8. The first kappa shape index (κ1) is 41.6. The first-order valence-corrected chi connectivity index (χ1v) is 22.8. The molecule has 5 heteroatoms. The Morgan fingerprint density at radius 1 is 0.515 bits per heavy atom. The molecule has 0 bridgehead atoms. The molecule has 0 spiro atoms. The average Bonchev–Trinajstić information content (AvgIpc) is 4.01. The van der Waals surface area contributed by atoms with Crippen molar-refractivity contribution in [3.63, 3.8) is 0 Å². The molecule has 0 saturated carbocycles. The second-order valence-electron chi connectivity index (χ2n) is 18.0. The van der Waals surface area contributed by atoms with Crippen molar-refractivity contribution in [3.05, 3.63) is 246 Å². The molecule has 0 atom stereocenters. The Morgan fingerprint density at radius 2 is 1.11 bits per heavy atom. The van der Waals surface area contributed by atoms with E-state index in [0.29, 0.717) is 11.8 Å². The molecule has 4 nitrogen and oxygen atoms in total. The zero-order valence-corrected chi connectivity index (χ0v) is 39.6. The van der Waals surface area contributed by atoms with Gasteiger partial charge in [0.15, 0.2) is 17.4 Å². The van der Waals surface area contributed by atoms with Crippen LogP contribution in [0.4, 0.5) is 0 Å². The van der Waals surface area contributed by atoms with Gasteiger partial charge in [-0.15, -0.1) is 28.6 Å². The maximum Gasteiger partial charge on any atom is 0.168 e. The second kappa shape index (κ2) is 16.4. The zero-order valence-electron chi connectivity index (χ0n) is 37.3. The number of imidazole rings is 1. The Kier molecular flexibility index (Phi) is 10.3. The van der Waals surface area contributed by atoms with Crippen LogP contribution >= 0.6 is 0 Å². The van der Waals surface area contributed by atoms with Gasteiger partial charge in [-0.2, -0.15) is 34.9 Å². The van der Waals surface area contributed by atoms with Crippen LogP contribution in [0.15, 0.2) is 201 Å². The Labute approximate surface area is 400 Å². The van der Waals surface area contributed by atoms with E-state index >= 15 is 0 Å². The van der Waals surface area contributed by atoms with Gasteiger partial charge >= 0.3 is 0 Å². The first-order chi connectivity index (χ1) is 31.9. The average molecular weight is 1030 g/mol. The second-order valence-corrected chi connectivity index (χ2v) is 18.0. The van der Waals surface area contributed by atoms with Crippen LogP contribution in [-0.4, -0.2) is 18.7 Å². The van der Waals surface area contributed by atoms with Gasteiger partial charge in [-0.05, 0) is 92.1 Å². The van der Waals surface area contributed by atoms with Crippen LogP contribution in [0.25, 0.3) is 72.3 Å². The van der Waals surface area contributed by atoms with Crippen LogP contribution in [0.2, 0.25) is 0 Å². The smallest absolute Gasteiger partial charge is 0.168 e. The van der Waals surface area contributed by atoms with E-state index in [1.165, 1.54) is 49.9 Å². The predicted octanol–water partition coefficient (Wildman–Crippen LogP) is 15.1. The van der Waals surface area contributed by atoms with Crippen molar-refractivity contribution in [1.29, 1.82) is 0 Å². The molecule has 3 heterocycles. The molecule has 12 rings (SSSR count). The van der Waals surface area contributed by atoms with Crippen LogP contribution in [-0.2, 0) is 26.5 Å². The van der Waals surface area contributed by atoms with Gasteiger partial charge in [0.2, 0.25) is 0 Å². The largest absolute Gasteiger partial charge is 0.319 e. The number of aromatic nitrogens is 4. The summed E-state index contributed by atoms with van der Waals surface area (Å²) in [6, 6.07) is 76.4. The van der Waals surface area contributed by atoms with Gasteiger partial charge in [0.1, 0.15) is 11.5 Å². The van der Waals surface area contributed by atoms with E-state index in [1.807, 2.05) is 6.20 Å². The maximum absolute atomic E-state index is 5.16. The van der Waals surface area contributed by atoms with E-state index in [0.717, 1.165) is 55.8 Å². The zero-order chi connectivity index (χ0) is 43.8. The molecule has 11 aromatic rings. The van der Waals surface area contributed by atoms with E-state index < -0.39 is 5.41 Å². The molecule has 0 aliphatic heterocycles. The van der Waals surface area contributed by atoms with Gasteiger partial charge in [0.05, 0.1) is 0 Å². The van der Waals surface area contributed by atoms with E-state index in [-0.39, 0.29) is 21.1 Å². The third kappa shape index (κ3) is 6.30. The van der Waals surface area contributed by atoms with Crippen LogP contribution < -0.4 is 0 Å². The van der Waals surface area contributed by atoms with Crippen LogP contribution in [0, 0.1) is 12.1 Å². The summed E-state index contributed by atoms with van der Waals surface area (Å²) in [5.74, 6) is 1.61. The molecule has 0 saturated heterocycles. The molecular weight excluding hydrogens is 984 g/mol. The fraction of sp³-hybridized carbons (Fsp3) is 0.115. The molecular formula is C61H47N4Pt-. The van der Waals surface area contributed by atoms with E-state index in [9.17, 15) is 0 Å². The molecule has 3 aromatic heterocycles. The van der Waals surface area contributed by atoms with Gasteiger partial charge in [-0.3, -0.25) is 0 Å². The van der Waals surface area contributed by atoms with Crippen molar-refractivity contribution in [2.75, 3.05) is 0 Å². The van der Waals surface area contributed by atoms with Crippen molar-refractivity contribution in [3.8, 4) is 39.4 Å². The van der Waals surface area contributed by atoms with Crippen molar-refractivity contribution < 1.29 is 21.1 Å². The van der Waals surface area contributed by atoms with Crippen molar-refractivity contribution in [2.45, 2.75) is 44.9 Å². The maximum atomic E-state index is 5.16. The van der Waals surface area contributed by atoms with E-state index in [4.69, 9.17) is 4.98 Å². The van der Waals surface area contributed by atoms with E-state index in [1.54, 1.807) is 0 Å². The third-order valence-electron chi connectivity index (χ3n) is 13.7. The summed E-state index contributed by atoms with van der Waals surface area (Å²) < 4.78 is 6.87. The van der Waals surface area contributed by atoms with Gasteiger partial charge in [0.25, 0.3) is 0 Å². The minimum Gasteiger partial charge on any atom is -0.319 e. The first-order valence-electron chi connectivity index (χ1n) is 22.8. The third-order valence-corrected chi connectivity index (χ3v) is 13.7. The summed E-state index contributed by atoms with van der Waals surface area (Å²) in [6.07, 6.45) is 4.18. The molecule has 322 valence electrons. The van der Waals surface area contributed by atoms with Gasteiger partial charge in [-0.25, -0.2) is 9.55 Å². The molecule has 66 heavy (non-hydrogen) atoms. The number of hydrogen-bond donors (Lipinski definition) is 0. The van der Waals surface area contributed by atoms with Crippen LogP contribution in [0.3, 0.4) is 0 Å². The molecule has 0 radical (unpaired) electrons. The van der Waals surface area contributed by atoms with Crippen molar-refractivity contribution >= 4 is 32.8 Å². The molecule has 1 aliphatic rings.